The van der Waals surface area contributed by atoms with Gasteiger partial charge in [-0.3, -0.25) is 4.79 Å². The van der Waals surface area contributed by atoms with Crippen LogP contribution in [-0.2, 0) is 11.3 Å². The van der Waals surface area contributed by atoms with Crippen molar-refractivity contribution in [1.82, 2.24) is 10.6 Å². The van der Waals surface area contributed by atoms with Crippen LogP contribution in [0.15, 0.2) is 42.5 Å². The number of amides is 1. The van der Waals surface area contributed by atoms with Crippen LogP contribution in [-0.4, -0.2) is 19.0 Å². The third-order valence-corrected chi connectivity index (χ3v) is 3.81. The molecule has 0 aliphatic heterocycles. The number of carbonyl (C=O) groups is 1. The minimum atomic E-state index is 0.0438. The van der Waals surface area contributed by atoms with Gasteiger partial charge in [0.2, 0.25) is 5.91 Å². The summed E-state index contributed by atoms with van der Waals surface area (Å²) in [5.74, 6) is 0.0438. The zero-order valence-corrected chi connectivity index (χ0v) is 11.8. The monoisotopic (exact) mass is 274 g/mol. The Morgan fingerprint density at radius 3 is 2.68 bits per heavy atom. The maximum absolute atomic E-state index is 11.3. The highest BCUT2D eigenvalue weighted by Crippen LogP contribution is 2.27. The Bertz CT molecular complexity index is 522. The van der Waals surface area contributed by atoms with Gasteiger partial charge in [-0.05, 0) is 24.6 Å². The van der Waals surface area contributed by atoms with Crippen molar-refractivity contribution in [3.05, 3.63) is 47.3 Å². The second-order valence-corrected chi connectivity index (χ2v) is 5.36. The first-order valence-electron chi connectivity index (χ1n) is 6.41. The average Bonchev–Trinajstić information content (AvgIpc) is 2.89. The van der Waals surface area contributed by atoms with Crippen molar-refractivity contribution in [2.24, 2.45) is 0 Å². The molecular formula is C15H18N2OS. The second kappa shape index (κ2) is 7.07. The van der Waals surface area contributed by atoms with E-state index in [1.54, 1.807) is 11.3 Å². The van der Waals surface area contributed by atoms with Crippen molar-refractivity contribution in [3.8, 4) is 10.4 Å². The van der Waals surface area contributed by atoms with Crippen LogP contribution in [0.3, 0.4) is 0 Å². The number of thiophene rings is 1. The third-order valence-electron chi connectivity index (χ3n) is 2.68. The predicted molar refractivity (Wildman–Crippen MR) is 80.1 cm³/mol. The first-order valence-corrected chi connectivity index (χ1v) is 7.23. The maximum Gasteiger partial charge on any atom is 0.233 e. The zero-order valence-electron chi connectivity index (χ0n) is 11.0. The van der Waals surface area contributed by atoms with Gasteiger partial charge >= 0.3 is 0 Å². The molecule has 1 heterocycles. The average molecular weight is 274 g/mol. The summed E-state index contributed by atoms with van der Waals surface area (Å²) in [5.41, 5.74) is 1.24. The van der Waals surface area contributed by atoms with Crippen molar-refractivity contribution in [2.75, 3.05) is 13.1 Å². The summed E-state index contributed by atoms with van der Waals surface area (Å²) in [6, 6.07) is 14.6. The fourth-order valence-corrected chi connectivity index (χ4v) is 2.77. The fraction of sp³-hybridized carbons (Fsp3) is 0.267. The maximum atomic E-state index is 11.3. The topological polar surface area (TPSA) is 41.1 Å². The number of hydrogen-bond acceptors (Lipinski definition) is 3. The number of nitrogens with one attached hydrogen (secondary N) is 2. The van der Waals surface area contributed by atoms with E-state index in [1.165, 1.54) is 15.3 Å². The summed E-state index contributed by atoms with van der Waals surface area (Å²) in [5, 5.41) is 5.91. The van der Waals surface area contributed by atoms with Crippen LogP contribution in [0.5, 0.6) is 0 Å². The van der Waals surface area contributed by atoms with E-state index in [1.807, 2.05) is 25.1 Å². The van der Waals surface area contributed by atoms with Crippen molar-refractivity contribution >= 4 is 17.2 Å². The largest absolute Gasteiger partial charge is 0.355 e. The summed E-state index contributed by atoms with van der Waals surface area (Å²) >= 11 is 1.76. The van der Waals surface area contributed by atoms with Gasteiger partial charge in [0.1, 0.15) is 0 Å². The minimum absolute atomic E-state index is 0.0438. The van der Waals surface area contributed by atoms with Crippen LogP contribution in [0.2, 0.25) is 0 Å². The first kappa shape index (κ1) is 13.8. The van der Waals surface area contributed by atoms with Crippen molar-refractivity contribution < 1.29 is 4.79 Å². The van der Waals surface area contributed by atoms with E-state index in [0.29, 0.717) is 13.1 Å². The summed E-state index contributed by atoms with van der Waals surface area (Å²) in [6.07, 6.45) is 0. The molecule has 4 heteroatoms. The number of likely N-dealkylation sites (N-methyl/N-ethyl adjacent to an activating group) is 1. The van der Waals surface area contributed by atoms with E-state index in [0.717, 1.165) is 6.54 Å². The standard InChI is InChI=1S/C15H18N2OS/c1-2-17-15(18)11-16-10-13-8-9-14(19-13)12-6-4-3-5-7-12/h3-9,16H,2,10-11H2,1H3,(H,17,18). The van der Waals surface area contributed by atoms with Gasteiger partial charge in [0.25, 0.3) is 0 Å². The van der Waals surface area contributed by atoms with Crippen LogP contribution >= 0.6 is 11.3 Å². The molecule has 0 atom stereocenters. The van der Waals surface area contributed by atoms with Crippen molar-refractivity contribution in [3.63, 3.8) is 0 Å². The van der Waals surface area contributed by atoms with Gasteiger partial charge in [-0.15, -0.1) is 11.3 Å². The van der Waals surface area contributed by atoms with Crippen LogP contribution in [0.4, 0.5) is 0 Å². The van der Waals surface area contributed by atoms with E-state index in [9.17, 15) is 4.79 Å². The van der Waals surface area contributed by atoms with E-state index >= 15 is 0 Å². The molecule has 0 radical (unpaired) electrons. The van der Waals surface area contributed by atoms with Gasteiger partial charge in [0, 0.05) is 22.8 Å². The molecular weight excluding hydrogens is 256 g/mol. The smallest absolute Gasteiger partial charge is 0.233 e. The zero-order chi connectivity index (χ0) is 13.5. The highest BCUT2D eigenvalue weighted by molar-refractivity contribution is 7.15. The second-order valence-electron chi connectivity index (χ2n) is 4.19. The summed E-state index contributed by atoms with van der Waals surface area (Å²) < 4.78 is 0. The summed E-state index contributed by atoms with van der Waals surface area (Å²) in [7, 11) is 0. The molecule has 2 aromatic rings. The molecule has 0 aliphatic carbocycles. The third kappa shape index (κ3) is 4.19. The molecule has 1 aromatic carbocycles. The van der Waals surface area contributed by atoms with Crippen molar-refractivity contribution in [1.29, 1.82) is 0 Å². The normalized spacial score (nSPS) is 10.4. The lowest BCUT2D eigenvalue weighted by Crippen LogP contribution is -2.33. The Morgan fingerprint density at radius 1 is 1.16 bits per heavy atom. The molecule has 0 saturated heterocycles. The molecule has 0 bridgehead atoms. The summed E-state index contributed by atoms with van der Waals surface area (Å²) in [4.78, 5) is 13.8. The molecule has 1 amide bonds. The summed E-state index contributed by atoms with van der Waals surface area (Å²) in [6.45, 7) is 3.70. The Morgan fingerprint density at radius 2 is 1.95 bits per heavy atom. The molecule has 0 fully saturated rings. The lowest BCUT2D eigenvalue weighted by molar-refractivity contribution is -0.120. The number of benzene rings is 1. The Kier molecular flexibility index (Phi) is 5.12. The van der Waals surface area contributed by atoms with Gasteiger partial charge in [-0.1, -0.05) is 30.3 Å². The molecule has 2 rings (SSSR count). The highest BCUT2D eigenvalue weighted by atomic mass is 32.1. The Balaban J connectivity index is 1.86. The first-order chi connectivity index (χ1) is 9.29. The Hall–Kier alpha value is -1.65. The quantitative estimate of drug-likeness (QED) is 0.850. The molecule has 19 heavy (non-hydrogen) atoms. The lowest BCUT2D eigenvalue weighted by Gasteiger charge is -2.03. The Labute approximate surface area is 117 Å². The number of rotatable bonds is 6. The van der Waals surface area contributed by atoms with E-state index < -0.39 is 0 Å². The van der Waals surface area contributed by atoms with Crippen LogP contribution in [0.1, 0.15) is 11.8 Å². The van der Waals surface area contributed by atoms with Gasteiger partial charge in [-0.2, -0.15) is 0 Å². The van der Waals surface area contributed by atoms with Crippen LogP contribution in [0, 0.1) is 0 Å². The number of carbonyl (C=O) groups excluding carboxylic acids is 1. The number of hydrogen-bond donors (Lipinski definition) is 2. The molecule has 0 unspecified atom stereocenters. The molecule has 0 aliphatic rings. The molecule has 100 valence electrons. The van der Waals surface area contributed by atoms with E-state index in [2.05, 4.69) is 34.9 Å². The van der Waals surface area contributed by atoms with E-state index in [-0.39, 0.29) is 5.91 Å². The predicted octanol–water partition coefficient (Wildman–Crippen LogP) is 2.64. The molecule has 0 saturated carbocycles. The van der Waals surface area contributed by atoms with Gasteiger partial charge in [-0.25, -0.2) is 0 Å². The lowest BCUT2D eigenvalue weighted by atomic mass is 10.2. The van der Waals surface area contributed by atoms with Gasteiger partial charge in [0.05, 0.1) is 6.54 Å². The molecule has 3 nitrogen and oxygen atoms in total. The molecule has 0 spiro atoms. The molecule has 1 aromatic heterocycles. The SMILES string of the molecule is CCNC(=O)CNCc1ccc(-c2ccccc2)s1. The molecule has 2 N–H and O–H groups in total. The van der Waals surface area contributed by atoms with Crippen LogP contribution in [0.25, 0.3) is 10.4 Å². The van der Waals surface area contributed by atoms with Crippen molar-refractivity contribution in [2.45, 2.75) is 13.5 Å². The van der Waals surface area contributed by atoms with Gasteiger partial charge in [0.15, 0.2) is 0 Å². The van der Waals surface area contributed by atoms with Gasteiger partial charge < -0.3 is 10.6 Å². The highest BCUT2D eigenvalue weighted by Gasteiger charge is 2.03. The fourth-order valence-electron chi connectivity index (χ4n) is 1.79. The van der Waals surface area contributed by atoms with E-state index in [4.69, 9.17) is 0 Å². The van der Waals surface area contributed by atoms with Crippen LogP contribution < -0.4 is 10.6 Å². The minimum Gasteiger partial charge on any atom is -0.355 e.